The number of ketones is 1. The molecule has 30 heavy (non-hydrogen) atoms. The second kappa shape index (κ2) is 8.41. The van der Waals surface area contributed by atoms with Crippen LogP contribution < -0.4 is 9.47 Å². The van der Waals surface area contributed by atoms with Gasteiger partial charge in [0.2, 0.25) is 6.79 Å². The van der Waals surface area contributed by atoms with Crippen LogP contribution in [0.1, 0.15) is 17.3 Å². The third-order valence-electron chi connectivity index (χ3n) is 6.22. The molecular formula is C21H29N3O6. The average molecular weight is 419 g/mol. The Morgan fingerprint density at radius 3 is 2.73 bits per heavy atom. The van der Waals surface area contributed by atoms with Crippen molar-refractivity contribution in [3.63, 3.8) is 0 Å². The molecule has 0 aliphatic carbocycles. The lowest BCUT2D eigenvalue weighted by molar-refractivity contribution is -0.168. The van der Waals surface area contributed by atoms with Crippen molar-refractivity contribution >= 4 is 11.9 Å². The fourth-order valence-corrected chi connectivity index (χ4v) is 4.14. The molecule has 0 bridgehead atoms. The molecule has 1 amide bonds. The molecule has 9 nitrogen and oxygen atoms in total. The first-order chi connectivity index (χ1) is 14.4. The van der Waals surface area contributed by atoms with Gasteiger partial charge in [0.25, 0.3) is 0 Å². The summed E-state index contributed by atoms with van der Waals surface area (Å²) in [5, 5.41) is 0. The van der Waals surface area contributed by atoms with Gasteiger partial charge in [0.05, 0.1) is 24.8 Å². The zero-order chi connectivity index (χ0) is 21.3. The zero-order valence-electron chi connectivity index (χ0n) is 17.8. The van der Waals surface area contributed by atoms with Crippen LogP contribution in [0.4, 0.5) is 4.79 Å². The Kier molecular flexibility index (Phi) is 5.86. The number of rotatable bonds is 6. The number of likely N-dealkylation sites (N-methyl/N-ethyl adjacent to an activating group) is 2. The Bertz CT molecular complexity index is 812. The van der Waals surface area contributed by atoms with Crippen LogP contribution in [0.3, 0.4) is 0 Å². The highest BCUT2D eigenvalue weighted by Gasteiger charge is 2.46. The van der Waals surface area contributed by atoms with E-state index >= 15 is 0 Å². The third kappa shape index (κ3) is 3.97. The molecule has 1 spiro atoms. The summed E-state index contributed by atoms with van der Waals surface area (Å²) >= 11 is 0. The molecule has 0 saturated carbocycles. The number of hydrogen-bond donors (Lipinski definition) is 0. The van der Waals surface area contributed by atoms with Crippen molar-refractivity contribution in [3.8, 4) is 11.5 Å². The van der Waals surface area contributed by atoms with Gasteiger partial charge in [-0.2, -0.15) is 0 Å². The monoisotopic (exact) mass is 419 g/mol. The van der Waals surface area contributed by atoms with Crippen molar-refractivity contribution < 1.29 is 28.5 Å². The molecule has 3 heterocycles. The minimum atomic E-state index is -0.659. The number of nitrogens with zero attached hydrogens (tertiary/aromatic N) is 3. The van der Waals surface area contributed by atoms with Crippen molar-refractivity contribution in [2.24, 2.45) is 0 Å². The van der Waals surface area contributed by atoms with E-state index in [1.165, 1.54) is 4.90 Å². The molecule has 1 aromatic carbocycles. The van der Waals surface area contributed by atoms with Gasteiger partial charge in [-0.3, -0.25) is 9.69 Å². The van der Waals surface area contributed by atoms with E-state index < -0.39 is 12.1 Å². The summed E-state index contributed by atoms with van der Waals surface area (Å²) in [6, 6.07) is 4.37. The summed E-state index contributed by atoms with van der Waals surface area (Å²) in [5.41, 5.74) is 0.504. The van der Waals surface area contributed by atoms with Gasteiger partial charge >= 0.3 is 6.09 Å². The Labute approximate surface area is 176 Å². The summed E-state index contributed by atoms with van der Waals surface area (Å²) in [4.78, 5) is 31.3. The van der Waals surface area contributed by atoms with E-state index in [0.29, 0.717) is 36.8 Å². The van der Waals surface area contributed by atoms with Crippen molar-refractivity contribution in [1.29, 1.82) is 0 Å². The van der Waals surface area contributed by atoms with E-state index in [1.807, 2.05) is 0 Å². The Morgan fingerprint density at radius 2 is 2.00 bits per heavy atom. The zero-order valence-corrected chi connectivity index (χ0v) is 17.8. The highest BCUT2D eigenvalue weighted by molar-refractivity contribution is 6.01. The molecule has 164 valence electrons. The topological polar surface area (TPSA) is 80.8 Å². The Morgan fingerprint density at radius 1 is 1.23 bits per heavy atom. The van der Waals surface area contributed by atoms with Gasteiger partial charge in [-0.15, -0.1) is 0 Å². The molecule has 4 rings (SSSR count). The van der Waals surface area contributed by atoms with E-state index in [0.717, 1.165) is 19.6 Å². The number of amides is 1. The summed E-state index contributed by atoms with van der Waals surface area (Å²) in [5.74, 6) is 0.974. The van der Waals surface area contributed by atoms with E-state index in [4.69, 9.17) is 18.9 Å². The normalized spacial score (nSPS) is 21.2. The standard InChI is InChI=1S/C21H29N3O6/c1-15(19(25)16-4-5-17-18(10-16)30-14-29-17)23(3)20(26)28-9-8-24-7-6-22(2)11-21(24)12-27-13-21/h4-5,10,15H,6-9,11-14H2,1-3H3/t15-/m0/s1. The van der Waals surface area contributed by atoms with Crippen LogP contribution in [0.2, 0.25) is 0 Å². The third-order valence-corrected chi connectivity index (χ3v) is 6.22. The minimum absolute atomic E-state index is 0.0356. The minimum Gasteiger partial charge on any atom is -0.454 e. The highest BCUT2D eigenvalue weighted by Crippen LogP contribution is 2.33. The molecular weight excluding hydrogens is 390 g/mol. The van der Waals surface area contributed by atoms with Gasteiger partial charge in [0.15, 0.2) is 17.3 Å². The number of Topliss-reactive ketones (excluding diaryl/α,β-unsaturated/α-hetero) is 1. The summed E-state index contributed by atoms with van der Waals surface area (Å²) < 4.78 is 21.5. The first-order valence-electron chi connectivity index (χ1n) is 10.2. The van der Waals surface area contributed by atoms with Crippen LogP contribution in [0.15, 0.2) is 18.2 Å². The fourth-order valence-electron chi connectivity index (χ4n) is 4.14. The molecule has 2 saturated heterocycles. The van der Waals surface area contributed by atoms with Crippen molar-refractivity contribution in [1.82, 2.24) is 14.7 Å². The van der Waals surface area contributed by atoms with Crippen LogP contribution in [0.25, 0.3) is 0 Å². The van der Waals surface area contributed by atoms with Gasteiger partial charge in [0.1, 0.15) is 6.61 Å². The van der Waals surface area contributed by atoms with Gasteiger partial charge in [0, 0.05) is 38.8 Å². The lowest BCUT2D eigenvalue weighted by atomic mass is 9.92. The molecule has 2 fully saturated rings. The second-order valence-electron chi connectivity index (χ2n) is 8.28. The van der Waals surface area contributed by atoms with Gasteiger partial charge in [-0.1, -0.05) is 0 Å². The molecule has 3 aliphatic rings. The van der Waals surface area contributed by atoms with Crippen molar-refractivity contribution in [2.45, 2.75) is 18.5 Å². The Hall–Kier alpha value is -2.36. The highest BCUT2D eigenvalue weighted by atomic mass is 16.7. The summed E-state index contributed by atoms with van der Waals surface area (Å²) in [6.07, 6.45) is -0.510. The van der Waals surface area contributed by atoms with Crippen LogP contribution in [0, 0.1) is 0 Å². The molecule has 1 atom stereocenters. The number of hydrogen-bond acceptors (Lipinski definition) is 8. The molecule has 0 aromatic heterocycles. The largest absolute Gasteiger partial charge is 0.454 e. The van der Waals surface area contributed by atoms with Crippen molar-refractivity contribution in [3.05, 3.63) is 23.8 Å². The average Bonchev–Trinajstić information content (AvgIpc) is 3.19. The summed E-state index contributed by atoms with van der Waals surface area (Å²) in [7, 11) is 3.69. The van der Waals surface area contributed by atoms with E-state index in [1.54, 1.807) is 32.2 Å². The number of benzene rings is 1. The maximum atomic E-state index is 12.8. The van der Waals surface area contributed by atoms with Gasteiger partial charge < -0.3 is 28.7 Å². The number of carbonyl (C=O) groups is 2. The van der Waals surface area contributed by atoms with Crippen LogP contribution >= 0.6 is 0 Å². The quantitative estimate of drug-likeness (QED) is 0.634. The smallest absolute Gasteiger partial charge is 0.410 e. The first kappa shape index (κ1) is 20.9. The summed E-state index contributed by atoms with van der Waals surface area (Å²) in [6.45, 7) is 7.06. The van der Waals surface area contributed by atoms with E-state index in [9.17, 15) is 9.59 Å². The molecule has 1 aromatic rings. The van der Waals surface area contributed by atoms with Crippen molar-refractivity contribution in [2.75, 3.05) is 66.9 Å². The van der Waals surface area contributed by atoms with Crippen LogP contribution in [-0.2, 0) is 9.47 Å². The van der Waals surface area contributed by atoms with Crippen LogP contribution in [-0.4, -0.2) is 105 Å². The molecule has 0 radical (unpaired) electrons. The number of piperazine rings is 1. The Balaban J connectivity index is 1.28. The number of fused-ring (bicyclic) bond motifs is 1. The molecule has 0 unspecified atom stereocenters. The molecule has 0 N–H and O–H groups in total. The fraction of sp³-hybridized carbons (Fsp3) is 0.619. The second-order valence-corrected chi connectivity index (χ2v) is 8.28. The lowest BCUT2D eigenvalue weighted by Gasteiger charge is -2.54. The lowest BCUT2D eigenvalue weighted by Crippen LogP contribution is -2.71. The predicted molar refractivity (Wildman–Crippen MR) is 108 cm³/mol. The maximum absolute atomic E-state index is 12.8. The molecule has 3 aliphatic heterocycles. The van der Waals surface area contributed by atoms with Gasteiger partial charge in [-0.25, -0.2) is 4.79 Å². The maximum Gasteiger partial charge on any atom is 0.410 e. The van der Waals surface area contributed by atoms with E-state index in [-0.39, 0.29) is 24.7 Å². The SMILES string of the molecule is C[C@@H](C(=O)c1ccc2c(c1)OCO2)N(C)C(=O)OCCN1CCN(C)CC12COC2. The molecule has 9 heteroatoms. The number of ether oxygens (including phenoxy) is 4. The first-order valence-corrected chi connectivity index (χ1v) is 10.2. The van der Waals surface area contributed by atoms with Gasteiger partial charge in [-0.05, 0) is 32.2 Å². The van der Waals surface area contributed by atoms with E-state index in [2.05, 4.69) is 16.8 Å². The predicted octanol–water partition coefficient (Wildman–Crippen LogP) is 1.07. The number of carbonyl (C=O) groups excluding carboxylic acids is 2. The van der Waals surface area contributed by atoms with Crippen LogP contribution in [0.5, 0.6) is 11.5 Å².